The summed E-state index contributed by atoms with van der Waals surface area (Å²) in [6, 6.07) is 13.9. The maximum Gasteiger partial charge on any atom is 0.306 e. The topological polar surface area (TPSA) is 139 Å². The van der Waals surface area contributed by atoms with Gasteiger partial charge in [0.1, 0.15) is 0 Å². The Morgan fingerprint density at radius 3 is 2.08 bits per heavy atom. The van der Waals surface area contributed by atoms with Gasteiger partial charge in [-0.1, -0.05) is 30.3 Å². The number of aryl methyl sites for hydroxylation is 2. The predicted octanol–water partition coefficient (Wildman–Crippen LogP) is 4.06. The number of esters is 1. The zero-order chi connectivity index (χ0) is 27.4. The Hall–Kier alpha value is -3.24. The highest BCUT2D eigenvalue weighted by molar-refractivity contribution is 7.89. The quantitative estimate of drug-likeness (QED) is 0.402. The summed E-state index contributed by atoms with van der Waals surface area (Å²) in [5.41, 5.74) is 1.81. The molecule has 0 heterocycles. The molecule has 0 aliphatic heterocycles. The lowest BCUT2D eigenvalue weighted by Crippen LogP contribution is -2.40. The van der Waals surface area contributed by atoms with Gasteiger partial charge in [-0.3, -0.25) is 14.4 Å². The van der Waals surface area contributed by atoms with Gasteiger partial charge in [0.15, 0.2) is 0 Å². The molecule has 0 aromatic heterocycles. The van der Waals surface area contributed by atoms with E-state index in [1.54, 1.807) is 56.3 Å². The number of hydrogen-bond donors (Lipinski definition) is 3. The van der Waals surface area contributed by atoms with E-state index < -0.39 is 27.5 Å². The van der Waals surface area contributed by atoms with E-state index in [0.717, 1.165) is 11.1 Å². The molecule has 198 valence electrons. The van der Waals surface area contributed by atoms with Gasteiger partial charge in [-0.25, -0.2) is 13.1 Å². The number of amides is 1. The molecule has 3 N–H and O–H groups in total. The van der Waals surface area contributed by atoms with E-state index in [0.29, 0.717) is 23.6 Å². The number of carboxylic acids is 1. The molecule has 0 unspecified atom stereocenters. The lowest BCUT2D eigenvalue weighted by Gasteiger charge is -2.21. The van der Waals surface area contributed by atoms with Gasteiger partial charge in [0.2, 0.25) is 15.9 Å². The number of rotatable bonds is 10. The molecule has 2 aromatic carbocycles. The number of ether oxygens (including phenoxy) is 1. The smallest absolute Gasteiger partial charge is 0.306 e. The number of nitrogens with one attached hydrogen (secondary N) is 2. The van der Waals surface area contributed by atoms with Crippen molar-refractivity contribution in [3.05, 3.63) is 59.7 Å². The number of hydrogen-bond acceptors (Lipinski definition) is 6. The van der Waals surface area contributed by atoms with Crippen LogP contribution in [0.5, 0.6) is 0 Å². The van der Waals surface area contributed by atoms with E-state index in [9.17, 15) is 22.8 Å². The van der Waals surface area contributed by atoms with E-state index in [2.05, 4.69) is 10.0 Å². The summed E-state index contributed by atoms with van der Waals surface area (Å²) < 4.78 is 31.3. The van der Waals surface area contributed by atoms with Crippen LogP contribution in [0.3, 0.4) is 0 Å². The Balaban J connectivity index is 0.000000381. The zero-order valence-corrected chi connectivity index (χ0v) is 22.3. The second kappa shape index (κ2) is 14.4. The predicted molar refractivity (Wildman–Crippen MR) is 138 cm³/mol. The van der Waals surface area contributed by atoms with Crippen LogP contribution in [0, 0.1) is 6.92 Å². The summed E-state index contributed by atoms with van der Waals surface area (Å²) in [5, 5.41) is 11.3. The minimum Gasteiger partial charge on any atom is -0.481 e. The Bertz CT molecular complexity index is 1120. The van der Waals surface area contributed by atoms with Gasteiger partial charge in [0.05, 0.1) is 17.9 Å². The third kappa shape index (κ3) is 12.5. The van der Waals surface area contributed by atoms with Gasteiger partial charge < -0.3 is 15.2 Å². The maximum absolute atomic E-state index is 12.0. The number of benzene rings is 2. The second-order valence-electron chi connectivity index (χ2n) is 9.06. The molecule has 2 aromatic rings. The molecule has 2 rings (SSSR count). The monoisotopic (exact) mass is 520 g/mol. The Kier molecular flexibility index (Phi) is 12.3. The summed E-state index contributed by atoms with van der Waals surface area (Å²) in [7, 11) is -3.40. The third-order valence-corrected chi connectivity index (χ3v) is 6.47. The molecule has 10 heteroatoms. The van der Waals surface area contributed by atoms with Crippen molar-refractivity contribution in [1.29, 1.82) is 0 Å². The van der Waals surface area contributed by atoms with E-state index in [-0.39, 0.29) is 25.2 Å². The van der Waals surface area contributed by atoms with Crippen molar-refractivity contribution in [1.82, 2.24) is 4.72 Å². The minimum atomic E-state index is -3.40. The molecule has 9 nitrogen and oxygen atoms in total. The molecule has 0 radical (unpaired) electrons. The first-order chi connectivity index (χ1) is 16.7. The highest BCUT2D eigenvalue weighted by Gasteiger charge is 2.22. The molecule has 0 fully saturated rings. The van der Waals surface area contributed by atoms with Crippen LogP contribution in [0.1, 0.15) is 58.1 Å². The summed E-state index contributed by atoms with van der Waals surface area (Å²) in [5.74, 6) is -1.50. The van der Waals surface area contributed by atoms with Crippen molar-refractivity contribution >= 4 is 33.6 Å². The minimum absolute atomic E-state index is 0.0520. The molecular weight excluding hydrogens is 484 g/mol. The standard InChI is InChI=1S/C15H19NO5.C11H17NO2S/c1-2-21-15(20)10-8-13(17)16-12-6-3-11(4-7-12)5-9-14(18)19;1-9-7-5-6-8-10(9)15(13,14)12-11(2,3)4/h3-4,6-7H,2,5,8-10H2,1H3,(H,16,17)(H,18,19);5-8,12H,1-4H3. The molecule has 0 spiro atoms. The number of aliphatic carboxylic acids is 1. The summed E-state index contributed by atoms with van der Waals surface area (Å²) >= 11 is 0. The molecule has 0 saturated carbocycles. The second-order valence-corrected chi connectivity index (χ2v) is 10.7. The molecule has 1 amide bonds. The largest absolute Gasteiger partial charge is 0.481 e. The summed E-state index contributed by atoms with van der Waals surface area (Å²) in [6.07, 6.45) is 0.646. The van der Waals surface area contributed by atoms with E-state index in [1.807, 2.05) is 26.8 Å². The van der Waals surface area contributed by atoms with E-state index in [1.165, 1.54) is 0 Å². The van der Waals surface area contributed by atoms with Gasteiger partial charge in [-0.05, 0) is 70.4 Å². The lowest BCUT2D eigenvalue weighted by atomic mass is 10.1. The molecule has 36 heavy (non-hydrogen) atoms. The molecule has 0 aliphatic carbocycles. The highest BCUT2D eigenvalue weighted by atomic mass is 32.2. The Morgan fingerprint density at radius 1 is 0.944 bits per heavy atom. The number of anilines is 1. The van der Waals surface area contributed by atoms with Crippen molar-refractivity contribution in [2.24, 2.45) is 0 Å². The fourth-order valence-corrected chi connectivity index (χ4v) is 4.66. The first-order valence-electron chi connectivity index (χ1n) is 11.6. The third-order valence-electron chi connectivity index (χ3n) is 4.55. The average Bonchev–Trinajstić information content (AvgIpc) is 2.76. The number of carbonyl (C=O) groups excluding carboxylic acids is 2. The first kappa shape index (κ1) is 30.8. The fourth-order valence-electron chi connectivity index (χ4n) is 2.99. The molecule has 0 bridgehead atoms. The Morgan fingerprint density at radius 2 is 1.56 bits per heavy atom. The van der Waals surface area contributed by atoms with Crippen LogP contribution in [0.15, 0.2) is 53.4 Å². The van der Waals surface area contributed by atoms with Crippen LogP contribution < -0.4 is 10.0 Å². The highest BCUT2D eigenvalue weighted by Crippen LogP contribution is 2.16. The Labute approximate surface area is 213 Å². The summed E-state index contributed by atoms with van der Waals surface area (Å²) in [4.78, 5) is 33.6. The SMILES string of the molecule is CCOC(=O)CCC(=O)Nc1ccc(CCC(=O)O)cc1.Cc1ccccc1S(=O)(=O)NC(C)(C)C. The normalized spacial score (nSPS) is 11.1. The van der Waals surface area contributed by atoms with Crippen molar-refractivity contribution < 1.29 is 32.6 Å². The van der Waals surface area contributed by atoms with Crippen LogP contribution in [0.25, 0.3) is 0 Å². The fraction of sp³-hybridized carbons (Fsp3) is 0.423. The van der Waals surface area contributed by atoms with Crippen molar-refractivity contribution in [3.63, 3.8) is 0 Å². The maximum atomic E-state index is 12.0. The van der Waals surface area contributed by atoms with Crippen LogP contribution in [0.4, 0.5) is 5.69 Å². The van der Waals surface area contributed by atoms with Gasteiger partial charge >= 0.3 is 11.9 Å². The first-order valence-corrected chi connectivity index (χ1v) is 13.1. The number of carbonyl (C=O) groups is 3. The van der Waals surface area contributed by atoms with Gasteiger partial charge in [-0.15, -0.1) is 0 Å². The van der Waals surface area contributed by atoms with Crippen LogP contribution in [-0.2, 0) is 35.6 Å². The van der Waals surface area contributed by atoms with Crippen LogP contribution >= 0.6 is 0 Å². The molecule has 0 atom stereocenters. The van der Waals surface area contributed by atoms with Crippen LogP contribution in [0.2, 0.25) is 0 Å². The molecule has 0 aliphatic rings. The van der Waals surface area contributed by atoms with Gasteiger partial charge in [0, 0.05) is 24.1 Å². The van der Waals surface area contributed by atoms with Gasteiger partial charge in [-0.2, -0.15) is 0 Å². The number of sulfonamides is 1. The van der Waals surface area contributed by atoms with Crippen molar-refractivity contribution in [3.8, 4) is 0 Å². The van der Waals surface area contributed by atoms with Crippen molar-refractivity contribution in [2.75, 3.05) is 11.9 Å². The molecule has 0 saturated heterocycles. The molecular formula is C26H36N2O7S. The zero-order valence-electron chi connectivity index (χ0n) is 21.5. The van der Waals surface area contributed by atoms with Crippen molar-refractivity contribution in [2.45, 2.75) is 70.7 Å². The van der Waals surface area contributed by atoms with Crippen LogP contribution in [-0.4, -0.2) is 43.5 Å². The summed E-state index contributed by atoms with van der Waals surface area (Å²) in [6.45, 7) is 9.27. The van der Waals surface area contributed by atoms with E-state index in [4.69, 9.17) is 9.84 Å². The van der Waals surface area contributed by atoms with E-state index >= 15 is 0 Å². The average molecular weight is 521 g/mol. The lowest BCUT2D eigenvalue weighted by molar-refractivity contribution is -0.144. The number of carboxylic acid groups (broad SMARTS) is 1. The van der Waals surface area contributed by atoms with Gasteiger partial charge in [0.25, 0.3) is 0 Å².